The smallest absolute Gasteiger partial charge is 0.475 e. The number of aryl methyl sites for hydroxylation is 1. The molecular formula is C25H22F3N3O2. The minimum Gasteiger partial charge on any atom is -0.475 e. The van der Waals surface area contributed by atoms with Crippen LogP contribution in [-0.4, -0.2) is 27.2 Å². The maximum atomic E-state index is 10.6. The van der Waals surface area contributed by atoms with E-state index in [2.05, 4.69) is 82.0 Å². The summed E-state index contributed by atoms with van der Waals surface area (Å²) in [5, 5.41) is 10.8. The molecule has 1 atom stereocenters. The Morgan fingerprint density at radius 3 is 2.48 bits per heavy atom. The lowest BCUT2D eigenvalue weighted by molar-refractivity contribution is -0.192. The van der Waals surface area contributed by atoms with Gasteiger partial charge in [-0.05, 0) is 52.8 Å². The SMILES string of the molecule is O=C(O)C(F)(F)F.c1ccc2c(c1)CC[C@@H]2NCc1ccc(-c2ccc3[nH]cnc3c2)cc1. The van der Waals surface area contributed by atoms with Crippen LogP contribution in [0.15, 0.2) is 73.1 Å². The lowest BCUT2D eigenvalue weighted by Gasteiger charge is -2.14. The summed E-state index contributed by atoms with van der Waals surface area (Å²) in [5.74, 6) is -2.76. The molecule has 5 rings (SSSR count). The average molecular weight is 453 g/mol. The maximum Gasteiger partial charge on any atom is 0.490 e. The zero-order valence-corrected chi connectivity index (χ0v) is 17.6. The number of aliphatic carboxylic acids is 1. The summed E-state index contributed by atoms with van der Waals surface area (Å²) in [6, 6.07) is 24.5. The van der Waals surface area contributed by atoms with Gasteiger partial charge in [0.2, 0.25) is 0 Å². The average Bonchev–Trinajstić information content (AvgIpc) is 3.44. The number of carbonyl (C=O) groups is 1. The number of nitrogens with one attached hydrogen (secondary N) is 2. The van der Waals surface area contributed by atoms with Gasteiger partial charge < -0.3 is 15.4 Å². The highest BCUT2D eigenvalue weighted by Crippen LogP contribution is 2.31. The highest BCUT2D eigenvalue weighted by molar-refractivity contribution is 5.81. The quantitative estimate of drug-likeness (QED) is 0.374. The van der Waals surface area contributed by atoms with Gasteiger partial charge in [-0.25, -0.2) is 9.78 Å². The van der Waals surface area contributed by atoms with Gasteiger partial charge in [-0.15, -0.1) is 0 Å². The van der Waals surface area contributed by atoms with Gasteiger partial charge >= 0.3 is 12.1 Å². The van der Waals surface area contributed by atoms with Crippen molar-refractivity contribution < 1.29 is 23.1 Å². The number of fused-ring (bicyclic) bond motifs is 2. The molecule has 1 heterocycles. The van der Waals surface area contributed by atoms with Crippen LogP contribution in [0.25, 0.3) is 22.2 Å². The molecule has 0 fully saturated rings. The third-order valence-electron chi connectivity index (χ3n) is 5.64. The highest BCUT2D eigenvalue weighted by atomic mass is 19.4. The van der Waals surface area contributed by atoms with Crippen molar-refractivity contribution in [3.8, 4) is 11.1 Å². The Bertz CT molecular complexity index is 1250. The second-order valence-corrected chi connectivity index (χ2v) is 7.81. The molecule has 4 aromatic rings. The van der Waals surface area contributed by atoms with E-state index in [1.54, 1.807) is 6.33 Å². The number of rotatable bonds is 4. The lowest BCUT2D eigenvalue weighted by Crippen LogP contribution is -2.21. The van der Waals surface area contributed by atoms with Crippen molar-refractivity contribution >= 4 is 17.0 Å². The van der Waals surface area contributed by atoms with Crippen LogP contribution in [-0.2, 0) is 17.8 Å². The number of aromatic amines is 1. The van der Waals surface area contributed by atoms with Crippen LogP contribution in [0.4, 0.5) is 13.2 Å². The van der Waals surface area contributed by atoms with E-state index >= 15 is 0 Å². The molecule has 170 valence electrons. The molecule has 0 spiro atoms. The molecular weight excluding hydrogens is 431 g/mol. The van der Waals surface area contributed by atoms with Crippen LogP contribution in [0, 0.1) is 0 Å². The van der Waals surface area contributed by atoms with Crippen molar-refractivity contribution in [2.45, 2.75) is 31.6 Å². The molecule has 0 radical (unpaired) electrons. The van der Waals surface area contributed by atoms with E-state index in [4.69, 9.17) is 9.90 Å². The number of nitrogens with zero attached hydrogens (tertiary/aromatic N) is 1. The Balaban J connectivity index is 0.000000325. The van der Waals surface area contributed by atoms with E-state index in [1.165, 1.54) is 40.7 Å². The lowest BCUT2D eigenvalue weighted by atomic mass is 10.0. The molecule has 0 amide bonds. The first-order valence-electron chi connectivity index (χ1n) is 10.4. The number of imidazole rings is 1. The predicted octanol–water partition coefficient (Wildman–Crippen LogP) is 5.64. The predicted molar refractivity (Wildman–Crippen MR) is 120 cm³/mol. The van der Waals surface area contributed by atoms with Crippen molar-refractivity contribution in [3.63, 3.8) is 0 Å². The van der Waals surface area contributed by atoms with E-state index in [0.29, 0.717) is 6.04 Å². The van der Waals surface area contributed by atoms with Crippen molar-refractivity contribution in [2.75, 3.05) is 0 Å². The van der Waals surface area contributed by atoms with E-state index in [-0.39, 0.29) is 0 Å². The minimum absolute atomic E-state index is 0.480. The third kappa shape index (κ3) is 5.40. The van der Waals surface area contributed by atoms with Crippen molar-refractivity contribution in [1.29, 1.82) is 0 Å². The van der Waals surface area contributed by atoms with Crippen LogP contribution in [0.1, 0.15) is 29.2 Å². The number of benzene rings is 3. The first kappa shape index (κ1) is 22.5. The number of alkyl halides is 3. The number of carboxylic acids is 1. The molecule has 5 nitrogen and oxygen atoms in total. The topological polar surface area (TPSA) is 78.0 Å². The van der Waals surface area contributed by atoms with E-state index in [1.807, 2.05) is 0 Å². The van der Waals surface area contributed by atoms with Gasteiger partial charge in [0.05, 0.1) is 17.4 Å². The number of H-pyrrole nitrogens is 1. The molecule has 0 saturated heterocycles. The molecule has 0 aliphatic heterocycles. The monoisotopic (exact) mass is 453 g/mol. The number of halogens is 3. The van der Waals surface area contributed by atoms with Gasteiger partial charge in [0.1, 0.15) is 0 Å². The summed E-state index contributed by atoms with van der Waals surface area (Å²) >= 11 is 0. The number of hydrogen-bond acceptors (Lipinski definition) is 3. The first-order valence-corrected chi connectivity index (χ1v) is 10.4. The fourth-order valence-electron chi connectivity index (χ4n) is 3.94. The zero-order valence-electron chi connectivity index (χ0n) is 17.6. The normalized spacial score (nSPS) is 15.1. The molecule has 8 heteroatoms. The van der Waals surface area contributed by atoms with Crippen molar-refractivity contribution in [2.24, 2.45) is 0 Å². The van der Waals surface area contributed by atoms with Crippen LogP contribution < -0.4 is 5.32 Å². The highest BCUT2D eigenvalue weighted by Gasteiger charge is 2.38. The first-order chi connectivity index (χ1) is 15.8. The van der Waals surface area contributed by atoms with Gasteiger partial charge in [0.25, 0.3) is 0 Å². The van der Waals surface area contributed by atoms with Crippen LogP contribution in [0.3, 0.4) is 0 Å². The Labute approximate surface area is 188 Å². The molecule has 1 aliphatic carbocycles. The number of aromatic nitrogens is 2. The van der Waals surface area contributed by atoms with Crippen LogP contribution in [0.2, 0.25) is 0 Å². The summed E-state index contributed by atoms with van der Waals surface area (Å²) in [6.45, 7) is 0.900. The standard InChI is InChI=1S/C23H21N3.C2HF3O2/c1-2-4-20-18(3-1)9-11-21(20)24-14-16-5-7-17(8-6-16)19-10-12-22-23(13-19)26-15-25-22;3-2(4,5)1(6)7/h1-8,10,12-13,15,21,24H,9,11,14H2,(H,25,26);(H,6,7)/t21-;/m0./s1. The van der Waals surface area contributed by atoms with E-state index in [0.717, 1.165) is 17.6 Å². The zero-order chi connectivity index (χ0) is 23.4. The summed E-state index contributed by atoms with van der Waals surface area (Å²) < 4.78 is 31.7. The van der Waals surface area contributed by atoms with Gasteiger partial charge in [-0.2, -0.15) is 13.2 Å². The molecule has 0 unspecified atom stereocenters. The van der Waals surface area contributed by atoms with Crippen LogP contribution in [0.5, 0.6) is 0 Å². The fraction of sp³-hybridized carbons (Fsp3) is 0.200. The second kappa shape index (κ2) is 9.46. The van der Waals surface area contributed by atoms with Gasteiger partial charge in [-0.1, -0.05) is 54.6 Å². The molecule has 33 heavy (non-hydrogen) atoms. The fourth-order valence-corrected chi connectivity index (χ4v) is 3.94. The van der Waals surface area contributed by atoms with Gasteiger partial charge in [-0.3, -0.25) is 0 Å². The molecule has 1 aromatic heterocycles. The molecule has 0 bridgehead atoms. The van der Waals surface area contributed by atoms with Gasteiger partial charge in [0.15, 0.2) is 0 Å². The Kier molecular flexibility index (Phi) is 6.46. The van der Waals surface area contributed by atoms with Crippen molar-refractivity contribution in [1.82, 2.24) is 15.3 Å². The third-order valence-corrected chi connectivity index (χ3v) is 5.64. The Morgan fingerprint density at radius 1 is 1.06 bits per heavy atom. The Hall–Kier alpha value is -3.65. The molecule has 1 aliphatic rings. The summed E-state index contributed by atoms with van der Waals surface area (Å²) in [5.41, 5.74) is 8.79. The van der Waals surface area contributed by atoms with Crippen LogP contribution >= 0.6 is 0 Å². The Morgan fingerprint density at radius 2 is 1.76 bits per heavy atom. The second-order valence-electron chi connectivity index (χ2n) is 7.81. The summed E-state index contributed by atoms with van der Waals surface area (Å²) in [6.07, 6.45) is -0.964. The molecule has 3 N–H and O–H groups in total. The van der Waals surface area contributed by atoms with Crippen molar-refractivity contribution in [3.05, 3.63) is 89.7 Å². The van der Waals surface area contributed by atoms with E-state index < -0.39 is 12.1 Å². The minimum atomic E-state index is -5.08. The number of hydrogen-bond donors (Lipinski definition) is 3. The summed E-state index contributed by atoms with van der Waals surface area (Å²) in [4.78, 5) is 16.4. The maximum absolute atomic E-state index is 10.6. The summed E-state index contributed by atoms with van der Waals surface area (Å²) in [7, 11) is 0. The molecule has 0 saturated carbocycles. The van der Waals surface area contributed by atoms with E-state index in [9.17, 15) is 13.2 Å². The largest absolute Gasteiger partial charge is 0.490 e. The number of carboxylic acid groups (broad SMARTS) is 1. The molecule has 3 aromatic carbocycles. The van der Waals surface area contributed by atoms with Gasteiger partial charge in [0, 0.05) is 12.6 Å².